The van der Waals surface area contributed by atoms with Crippen LogP contribution >= 0.6 is 0 Å². The Kier molecular flexibility index (Phi) is 3.09. The van der Waals surface area contributed by atoms with E-state index in [0.29, 0.717) is 11.5 Å². The summed E-state index contributed by atoms with van der Waals surface area (Å²) in [5.41, 5.74) is 0.550. The van der Waals surface area contributed by atoms with Gasteiger partial charge in [-0.2, -0.15) is 0 Å². The first kappa shape index (κ1) is 11.0. The molecule has 0 fully saturated rings. The second-order valence-electron chi connectivity index (χ2n) is 4.06. The lowest BCUT2D eigenvalue weighted by atomic mass is 10.00. The van der Waals surface area contributed by atoms with Gasteiger partial charge < -0.3 is 0 Å². The van der Waals surface area contributed by atoms with Gasteiger partial charge in [-0.3, -0.25) is 14.5 Å². The zero-order valence-electron chi connectivity index (χ0n) is 9.20. The number of hydrogen-bond donors (Lipinski definition) is 0. The lowest BCUT2D eigenvalue weighted by Gasteiger charge is -2.28. The number of nitrogens with zero attached hydrogens (tertiary/aromatic N) is 1. The summed E-state index contributed by atoms with van der Waals surface area (Å²) in [6.07, 6.45) is 2.24. The van der Waals surface area contributed by atoms with E-state index < -0.39 is 0 Å². The van der Waals surface area contributed by atoms with Crippen LogP contribution in [0.15, 0.2) is 11.6 Å². The second-order valence-corrected chi connectivity index (χ2v) is 4.06. The number of hydrogen-bond acceptors (Lipinski definition) is 2. The highest BCUT2D eigenvalue weighted by Gasteiger charge is 2.34. The number of carbonyl (C=O) groups is 2. The summed E-state index contributed by atoms with van der Waals surface area (Å²) in [6, 6.07) is 0.0312. The molecule has 0 N–H and O–H groups in total. The first-order chi connectivity index (χ1) is 6.49. The monoisotopic (exact) mass is 195 g/mol. The molecule has 0 aromatic rings. The van der Waals surface area contributed by atoms with Crippen LogP contribution in [0.3, 0.4) is 0 Å². The van der Waals surface area contributed by atoms with Gasteiger partial charge in [0.05, 0.1) is 0 Å². The average Bonchev–Trinajstić information content (AvgIpc) is 2.32. The average molecular weight is 195 g/mol. The molecule has 3 nitrogen and oxygen atoms in total. The van der Waals surface area contributed by atoms with Crippen molar-refractivity contribution in [3.05, 3.63) is 11.6 Å². The molecule has 0 aliphatic carbocycles. The van der Waals surface area contributed by atoms with Crippen molar-refractivity contribution in [3.63, 3.8) is 0 Å². The van der Waals surface area contributed by atoms with Crippen LogP contribution in [0.1, 0.15) is 34.1 Å². The molecule has 0 radical (unpaired) electrons. The molecule has 1 aliphatic rings. The first-order valence-corrected chi connectivity index (χ1v) is 5.04. The van der Waals surface area contributed by atoms with Crippen molar-refractivity contribution in [2.45, 2.75) is 40.2 Å². The van der Waals surface area contributed by atoms with Gasteiger partial charge in [-0.05, 0) is 19.3 Å². The Labute approximate surface area is 84.8 Å². The van der Waals surface area contributed by atoms with Crippen molar-refractivity contribution in [1.29, 1.82) is 0 Å². The minimum atomic E-state index is -0.159. The smallest absolute Gasteiger partial charge is 0.256 e. The van der Waals surface area contributed by atoms with E-state index >= 15 is 0 Å². The summed E-state index contributed by atoms with van der Waals surface area (Å²) in [6.45, 7) is 7.75. The van der Waals surface area contributed by atoms with Crippen LogP contribution in [-0.4, -0.2) is 22.8 Å². The van der Waals surface area contributed by atoms with E-state index in [0.717, 1.165) is 6.42 Å². The van der Waals surface area contributed by atoms with Crippen LogP contribution in [0.2, 0.25) is 0 Å². The molecule has 0 aromatic heterocycles. The number of carbonyl (C=O) groups excluding carboxylic acids is 2. The van der Waals surface area contributed by atoms with Crippen molar-refractivity contribution < 1.29 is 9.59 Å². The van der Waals surface area contributed by atoms with E-state index in [2.05, 4.69) is 0 Å². The van der Waals surface area contributed by atoms with Crippen LogP contribution in [-0.2, 0) is 9.59 Å². The number of amides is 2. The van der Waals surface area contributed by atoms with E-state index in [1.165, 1.54) is 11.0 Å². The quantitative estimate of drug-likeness (QED) is 0.643. The Morgan fingerprint density at radius 2 is 1.93 bits per heavy atom. The van der Waals surface area contributed by atoms with Crippen molar-refractivity contribution >= 4 is 11.8 Å². The molecule has 2 amide bonds. The predicted octanol–water partition coefficient (Wildman–Crippen LogP) is 1.74. The van der Waals surface area contributed by atoms with Crippen LogP contribution in [0, 0.1) is 5.92 Å². The van der Waals surface area contributed by atoms with Crippen molar-refractivity contribution in [3.8, 4) is 0 Å². The van der Waals surface area contributed by atoms with Gasteiger partial charge in [0.15, 0.2) is 0 Å². The molecule has 1 rings (SSSR count). The standard InChI is InChI=1S/C11H17NO2/c1-5-9(7(2)3)12-10(13)6-8(4)11(12)14/h6-7,9H,5H2,1-4H3. The third-order valence-electron chi connectivity index (χ3n) is 2.65. The summed E-state index contributed by atoms with van der Waals surface area (Å²) in [7, 11) is 0. The summed E-state index contributed by atoms with van der Waals surface area (Å²) in [5.74, 6) is 0.0239. The molecule has 1 heterocycles. The highest BCUT2D eigenvalue weighted by atomic mass is 16.2. The summed E-state index contributed by atoms with van der Waals surface area (Å²) in [4.78, 5) is 24.6. The summed E-state index contributed by atoms with van der Waals surface area (Å²) < 4.78 is 0. The Hall–Kier alpha value is -1.12. The predicted molar refractivity (Wildman–Crippen MR) is 54.5 cm³/mol. The topological polar surface area (TPSA) is 37.4 Å². The van der Waals surface area contributed by atoms with Gasteiger partial charge in [-0.15, -0.1) is 0 Å². The molecule has 0 spiro atoms. The molecule has 14 heavy (non-hydrogen) atoms. The molecule has 0 aromatic carbocycles. The fraction of sp³-hybridized carbons (Fsp3) is 0.636. The van der Waals surface area contributed by atoms with Gasteiger partial charge in [-0.1, -0.05) is 20.8 Å². The van der Waals surface area contributed by atoms with Crippen molar-refractivity contribution in [2.24, 2.45) is 5.92 Å². The molecular weight excluding hydrogens is 178 g/mol. The van der Waals surface area contributed by atoms with Gasteiger partial charge in [0.1, 0.15) is 0 Å². The van der Waals surface area contributed by atoms with Crippen LogP contribution in [0.25, 0.3) is 0 Å². The Morgan fingerprint density at radius 3 is 2.21 bits per heavy atom. The molecule has 1 aliphatic heterocycles. The minimum Gasteiger partial charge on any atom is -0.272 e. The normalized spacial score (nSPS) is 19.2. The number of imide groups is 1. The molecular formula is C11H17NO2. The largest absolute Gasteiger partial charge is 0.272 e. The third-order valence-corrected chi connectivity index (χ3v) is 2.65. The second kappa shape index (κ2) is 3.95. The van der Waals surface area contributed by atoms with Gasteiger partial charge in [0.25, 0.3) is 11.8 Å². The fourth-order valence-corrected chi connectivity index (χ4v) is 1.87. The molecule has 1 atom stereocenters. The zero-order chi connectivity index (χ0) is 10.9. The maximum atomic E-state index is 11.7. The van der Waals surface area contributed by atoms with E-state index in [1.807, 2.05) is 20.8 Å². The van der Waals surface area contributed by atoms with Crippen LogP contribution < -0.4 is 0 Å². The van der Waals surface area contributed by atoms with Gasteiger partial charge in [-0.25, -0.2) is 0 Å². The van der Waals surface area contributed by atoms with E-state index in [4.69, 9.17) is 0 Å². The molecule has 1 unspecified atom stereocenters. The van der Waals surface area contributed by atoms with Crippen LogP contribution in [0.4, 0.5) is 0 Å². The molecule has 78 valence electrons. The summed E-state index contributed by atoms with van der Waals surface area (Å²) in [5, 5.41) is 0. The van der Waals surface area contributed by atoms with Crippen LogP contribution in [0.5, 0.6) is 0 Å². The molecule has 0 bridgehead atoms. The molecule has 3 heteroatoms. The Balaban J connectivity index is 2.89. The molecule has 0 saturated heterocycles. The SMILES string of the molecule is CCC(C(C)C)N1C(=O)C=C(C)C1=O. The fourth-order valence-electron chi connectivity index (χ4n) is 1.87. The lowest BCUT2D eigenvalue weighted by Crippen LogP contribution is -2.43. The van der Waals surface area contributed by atoms with Gasteiger partial charge in [0, 0.05) is 17.7 Å². The lowest BCUT2D eigenvalue weighted by molar-refractivity contribution is -0.141. The number of rotatable bonds is 3. The van der Waals surface area contributed by atoms with Gasteiger partial charge in [0.2, 0.25) is 0 Å². The van der Waals surface area contributed by atoms with E-state index in [9.17, 15) is 9.59 Å². The van der Waals surface area contributed by atoms with E-state index in [-0.39, 0.29) is 17.9 Å². The highest BCUT2D eigenvalue weighted by Crippen LogP contribution is 2.21. The third kappa shape index (κ3) is 1.72. The van der Waals surface area contributed by atoms with Crippen molar-refractivity contribution in [1.82, 2.24) is 4.90 Å². The van der Waals surface area contributed by atoms with Gasteiger partial charge >= 0.3 is 0 Å². The Morgan fingerprint density at radius 1 is 1.36 bits per heavy atom. The maximum Gasteiger partial charge on any atom is 0.256 e. The van der Waals surface area contributed by atoms with Crippen molar-refractivity contribution in [2.75, 3.05) is 0 Å². The first-order valence-electron chi connectivity index (χ1n) is 5.04. The van der Waals surface area contributed by atoms with E-state index in [1.54, 1.807) is 6.92 Å². The zero-order valence-corrected chi connectivity index (χ0v) is 9.20. The minimum absolute atomic E-state index is 0.0312. The molecule has 0 saturated carbocycles. The summed E-state index contributed by atoms with van der Waals surface area (Å²) >= 11 is 0. The highest BCUT2D eigenvalue weighted by molar-refractivity contribution is 6.16. The Bertz CT molecular complexity index is 292. The maximum absolute atomic E-state index is 11.7.